The number of pyridine rings is 1. The molecule has 2 aliphatic rings. The maximum Gasteiger partial charge on any atom is 0.253 e. The van der Waals surface area contributed by atoms with E-state index in [1.165, 1.54) is 25.7 Å². The fourth-order valence-electron chi connectivity index (χ4n) is 3.82. The summed E-state index contributed by atoms with van der Waals surface area (Å²) in [6, 6.07) is 3.68. The second kappa shape index (κ2) is 8.27. The number of hydrogen-bond acceptors (Lipinski definition) is 3. The van der Waals surface area contributed by atoms with Crippen LogP contribution in [0.15, 0.2) is 24.5 Å². The summed E-state index contributed by atoms with van der Waals surface area (Å²) in [6.07, 6.45) is 11.9. The third-order valence-electron chi connectivity index (χ3n) is 5.35. The molecule has 24 heavy (non-hydrogen) atoms. The Balaban J connectivity index is 1.39. The molecule has 2 heterocycles. The molecule has 0 spiro atoms. The van der Waals surface area contributed by atoms with Crippen molar-refractivity contribution in [3.05, 3.63) is 30.1 Å². The van der Waals surface area contributed by atoms with Crippen molar-refractivity contribution >= 4 is 11.8 Å². The molecule has 2 amide bonds. The zero-order chi connectivity index (χ0) is 16.8. The minimum atomic E-state index is -0.0749. The van der Waals surface area contributed by atoms with Gasteiger partial charge >= 0.3 is 0 Å². The summed E-state index contributed by atoms with van der Waals surface area (Å²) in [6.45, 7) is 1.50. The molecule has 1 aliphatic carbocycles. The first kappa shape index (κ1) is 16.9. The summed E-state index contributed by atoms with van der Waals surface area (Å²) >= 11 is 0. The average molecular weight is 329 g/mol. The maximum absolute atomic E-state index is 12.3. The van der Waals surface area contributed by atoms with Gasteiger partial charge in [-0.2, -0.15) is 0 Å². The first-order valence-electron chi connectivity index (χ1n) is 9.21. The third-order valence-corrected chi connectivity index (χ3v) is 5.35. The van der Waals surface area contributed by atoms with Crippen LogP contribution in [-0.2, 0) is 4.79 Å². The molecule has 0 unspecified atom stereocenters. The number of hydrogen-bond donors (Lipinski definition) is 1. The summed E-state index contributed by atoms with van der Waals surface area (Å²) in [4.78, 5) is 30.4. The van der Waals surface area contributed by atoms with Crippen LogP contribution in [-0.4, -0.2) is 40.8 Å². The minimum absolute atomic E-state index is 0.0749. The highest BCUT2D eigenvalue weighted by molar-refractivity contribution is 5.94. The molecule has 5 nitrogen and oxygen atoms in total. The zero-order valence-corrected chi connectivity index (χ0v) is 14.2. The SMILES string of the molecule is O=C(NC1CCN(C(=O)CCC2CCCC2)CC1)c1cccnc1. The van der Waals surface area contributed by atoms with Crippen LogP contribution in [0, 0.1) is 5.92 Å². The van der Waals surface area contributed by atoms with Crippen molar-refractivity contribution in [2.75, 3.05) is 13.1 Å². The van der Waals surface area contributed by atoms with Crippen LogP contribution in [0.1, 0.15) is 61.7 Å². The van der Waals surface area contributed by atoms with E-state index in [1.807, 2.05) is 4.90 Å². The van der Waals surface area contributed by atoms with Crippen LogP contribution in [0.3, 0.4) is 0 Å². The number of carbonyl (C=O) groups excluding carboxylic acids is 2. The lowest BCUT2D eigenvalue weighted by Gasteiger charge is -2.32. The predicted molar refractivity (Wildman–Crippen MR) is 92.5 cm³/mol. The maximum atomic E-state index is 12.3. The average Bonchev–Trinajstić information content (AvgIpc) is 3.14. The van der Waals surface area contributed by atoms with Crippen LogP contribution in [0.5, 0.6) is 0 Å². The highest BCUT2D eigenvalue weighted by Crippen LogP contribution is 2.28. The Bertz CT molecular complexity index is 547. The molecule has 0 radical (unpaired) electrons. The topological polar surface area (TPSA) is 62.3 Å². The second-order valence-corrected chi connectivity index (χ2v) is 7.06. The zero-order valence-electron chi connectivity index (χ0n) is 14.2. The van der Waals surface area contributed by atoms with Gasteiger partial charge in [0.15, 0.2) is 0 Å². The number of carbonyl (C=O) groups is 2. The molecule has 1 aromatic heterocycles. The van der Waals surface area contributed by atoms with E-state index in [-0.39, 0.29) is 11.9 Å². The van der Waals surface area contributed by atoms with Crippen molar-refractivity contribution in [2.24, 2.45) is 5.92 Å². The molecule has 2 fully saturated rings. The van der Waals surface area contributed by atoms with Crippen LogP contribution in [0.4, 0.5) is 0 Å². The van der Waals surface area contributed by atoms with E-state index in [0.717, 1.165) is 38.3 Å². The molecule has 3 rings (SSSR count). The lowest BCUT2D eigenvalue weighted by Crippen LogP contribution is -2.46. The molecule has 1 saturated heterocycles. The molecule has 1 N–H and O–H groups in total. The fourth-order valence-corrected chi connectivity index (χ4v) is 3.82. The molecule has 1 saturated carbocycles. The fraction of sp³-hybridized carbons (Fsp3) is 0.632. The smallest absolute Gasteiger partial charge is 0.253 e. The van der Waals surface area contributed by atoms with Crippen molar-refractivity contribution in [3.8, 4) is 0 Å². The summed E-state index contributed by atoms with van der Waals surface area (Å²) in [5, 5.41) is 3.05. The van der Waals surface area contributed by atoms with E-state index in [4.69, 9.17) is 0 Å². The number of rotatable bonds is 5. The molecule has 1 aliphatic heterocycles. The van der Waals surface area contributed by atoms with Crippen molar-refractivity contribution in [1.82, 2.24) is 15.2 Å². The van der Waals surface area contributed by atoms with E-state index in [9.17, 15) is 9.59 Å². The van der Waals surface area contributed by atoms with Crippen molar-refractivity contribution in [1.29, 1.82) is 0 Å². The van der Waals surface area contributed by atoms with Gasteiger partial charge < -0.3 is 10.2 Å². The third kappa shape index (κ3) is 4.56. The number of nitrogens with one attached hydrogen (secondary N) is 1. The Hall–Kier alpha value is -1.91. The quantitative estimate of drug-likeness (QED) is 0.903. The van der Waals surface area contributed by atoms with Crippen molar-refractivity contribution < 1.29 is 9.59 Å². The van der Waals surface area contributed by atoms with E-state index in [0.29, 0.717) is 17.9 Å². The lowest BCUT2D eigenvalue weighted by molar-refractivity contribution is -0.132. The minimum Gasteiger partial charge on any atom is -0.349 e. The Morgan fingerprint density at radius 3 is 2.58 bits per heavy atom. The van der Waals surface area contributed by atoms with Gasteiger partial charge in [-0.25, -0.2) is 0 Å². The molecule has 130 valence electrons. The standard InChI is InChI=1S/C19H27N3O2/c23-18(8-7-15-4-1-2-5-15)22-12-9-17(10-13-22)21-19(24)16-6-3-11-20-14-16/h3,6,11,14-15,17H,1-2,4-5,7-10,12-13H2,(H,21,24). The summed E-state index contributed by atoms with van der Waals surface area (Å²) in [5.41, 5.74) is 0.590. The Labute approximate surface area is 143 Å². The van der Waals surface area contributed by atoms with Gasteiger partial charge in [-0.05, 0) is 37.3 Å². The van der Waals surface area contributed by atoms with E-state index in [1.54, 1.807) is 24.5 Å². The number of amides is 2. The first-order valence-corrected chi connectivity index (χ1v) is 9.21. The highest BCUT2D eigenvalue weighted by Gasteiger charge is 2.25. The van der Waals surface area contributed by atoms with Crippen molar-refractivity contribution in [2.45, 2.75) is 57.4 Å². The second-order valence-electron chi connectivity index (χ2n) is 7.06. The van der Waals surface area contributed by atoms with Gasteiger partial charge in [0.25, 0.3) is 5.91 Å². The van der Waals surface area contributed by atoms with Crippen LogP contribution >= 0.6 is 0 Å². The Kier molecular flexibility index (Phi) is 5.83. The number of aromatic nitrogens is 1. The first-order chi connectivity index (χ1) is 11.7. The molecule has 0 atom stereocenters. The molecular weight excluding hydrogens is 302 g/mol. The predicted octanol–water partition coefficient (Wildman–Crippen LogP) is 2.77. The molecule has 5 heteroatoms. The van der Waals surface area contributed by atoms with Gasteiger partial charge in [-0.15, -0.1) is 0 Å². The summed E-state index contributed by atoms with van der Waals surface area (Å²) in [5.74, 6) is 0.985. The molecular formula is C19H27N3O2. The van der Waals surface area contributed by atoms with Crippen LogP contribution in [0.25, 0.3) is 0 Å². The molecule has 0 bridgehead atoms. The molecule has 0 aromatic carbocycles. The van der Waals surface area contributed by atoms with Gasteiger partial charge in [0.2, 0.25) is 5.91 Å². The lowest BCUT2D eigenvalue weighted by atomic mass is 10.00. The van der Waals surface area contributed by atoms with Gasteiger partial charge in [0, 0.05) is 37.9 Å². The Morgan fingerprint density at radius 2 is 1.92 bits per heavy atom. The van der Waals surface area contributed by atoms with Crippen molar-refractivity contribution in [3.63, 3.8) is 0 Å². The molecule has 1 aromatic rings. The number of piperidine rings is 1. The highest BCUT2D eigenvalue weighted by atomic mass is 16.2. The largest absolute Gasteiger partial charge is 0.349 e. The number of nitrogens with zero attached hydrogens (tertiary/aromatic N) is 2. The van der Waals surface area contributed by atoms with E-state index < -0.39 is 0 Å². The van der Waals surface area contributed by atoms with E-state index in [2.05, 4.69) is 10.3 Å². The monoisotopic (exact) mass is 329 g/mol. The van der Waals surface area contributed by atoms with Gasteiger partial charge in [0.1, 0.15) is 0 Å². The number of likely N-dealkylation sites (tertiary alicyclic amines) is 1. The van der Waals surface area contributed by atoms with Gasteiger partial charge in [-0.3, -0.25) is 14.6 Å². The summed E-state index contributed by atoms with van der Waals surface area (Å²) in [7, 11) is 0. The van der Waals surface area contributed by atoms with Gasteiger partial charge in [0.05, 0.1) is 5.56 Å². The summed E-state index contributed by atoms with van der Waals surface area (Å²) < 4.78 is 0. The van der Waals surface area contributed by atoms with Gasteiger partial charge in [-0.1, -0.05) is 25.7 Å². The normalized spacial score (nSPS) is 19.4. The Morgan fingerprint density at radius 1 is 1.17 bits per heavy atom. The van der Waals surface area contributed by atoms with E-state index >= 15 is 0 Å². The van der Waals surface area contributed by atoms with Crippen LogP contribution in [0.2, 0.25) is 0 Å². The van der Waals surface area contributed by atoms with Crippen LogP contribution < -0.4 is 5.32 Å².